The third-order valence-electron chi connectivity index (χ3n) is 2.61. The Labute approximate surface area is 113 Å². The fraction of sp³-hybridized carbons (Fsp3) is 0.538. The van der Waals surface area contributed by atoms with Gasteiger partial charge in [0.05, 0.1) is 10.5 Å². The van der Waals surface area contributed by atoms with Gasteiger partial charge in [-0.2, -0.15) is 0 Å². The highest BCUT2D eigenvalue weighted by Gasteiger charge is 2.25. The monoisotopic (exact) mass is 289 g/mol. The molecule has 108 valence electrons. The van der Waals surface area contributed by atoms with Crippen LogP contribution in [0.1, 0.15) is 27.2 Å². The average Bonchev–Trinajstić information content (AvgIpc) is 2.26. The van der Waals surface area contributed by atoms with Crippen molar-refractivity contribution in [2.75, 3.05) is 6.54 Å². The number of benzene rings is 1. The van der Waals surface area contributed by atoms with Crippen LogP contribution in [0.25, 0.3) is 0 Å². The molecule has 0 radical (unpaired) electrons. The summed E-state index contributed by atoms with van der Waals surface area (Å²) in [6.45, 7) is 5.40. The van der Waals surface area contributed by atoms with Crippen molar-refractivity contribution in [3.05, 3.63) is 30.1 Å². The molecule has 0 saturated heterocycles. The lowest BCUT2D eigenvalue weighted by atomic mass is 9.95. The molecule has 4 nitrogen and oxygen atoms in total. The molecule has 1 atom stereocenters. The zero-order valence-corrected chi connectivity index (χ0v) is 12.2. The smallest absolute Gasteiger partial charge is 0.240 e. The van der Waals surface area contributed by atoms with Gasteiger partial charge in [0.2, 0.25) is 10.0 Å². The van der Waals surface area contributed by atoms with Crippen molar-refractivity contribution in [1.82, 2.24) is 4.72 Å². The van der Waals surface area contributed by atoms with Crippen LogP contribution in [-0.2, 0) is 10.0 Å². The SMILES string of the molecule is CC(C)CC(C)(O)CNS(=O)(=O)c1ccc(F)cc1. The fourth-order valence-electron chi connectivity index (χ4n) is 1.90. The lowest BCUT2D eigenvalue weighted by Crippen LogP contribution is -2.41. The van der Waals surface area contributed by atoms with Gasteiger partial charge in [-0.1, -0.05) is 13.8 Å². The van der Waals surface area contributed by atoms with E-state index in [9.17, 15) is 17.9 Å². The number of sulfonamides is 1. The topological polar surface area (TPSA) is 66.4 Å². The summed E-state index contributed by atoms with van der Waals surface area (Å²) in [6.07, 6.45) is 0.485. The van der Waals surface area contributed by atoms with E-state index in [1.54, 1.807) is 6.92 Å². The van der Waals surface area contributed by atoms with Gasteiger partial charge < -0.3 is 5.11 Å². The number of nitrogens with one attached hydrogen (secondary N) is 1. The van der Waals surface area contributed by atoms with E-state index in [-0.39, 0.29) is 17.4 Å². The Morgan fingerprint density at radius 2 is 1.84 bits per heavy atom. The summed E-state index contributed by atoms with van der Waals surface area (Å²) in [5.74, 6) is -0.240. The molecule has 0 aliphatic carbocycles. The van der Waals surface area contributed by atoms with E-state index in [2.05, 4.69) is 4.72 Å². The first kappa shape index (κ1) is 16.1. The summed E-state index contributed by atoms with van der Waals surface area (Å²) in [7, 11) is -3.72. The summed E-state index contributed by atoms with van der Waals surface area (Å²) in [6, 6.07) is 4.55. The Morgan fingerprint density at radius 1 is 1.32 bits per heavy atom. The summed E-state index contributed by atoms with van der Waals surface area (Å²) in [5.41, 5.74) is -1.11. The maximum Gasteiger partial charge on any atom is 0.240 e. The van der Waals surface area contributed by atoms with E-state index >= 15 is 0 Å². The van der Waals surface area contributed by atoms with Crippen molar-refractivity contribution >= 4 is 10.0 Å². The van der Waals surface area contributed by atoms with E-state index < -0.39 is 21.4 Å². The van der Waals surface area contributed by atoms with E-state index in [4.69, 9.17) is 0 Å². The molecule has 19 heavy (non-hydrogen) atoms. The lowest BCUT2D eigenvalue weighted by Gasteiger charge is -2.25. The van der Waals surface area contributed by atoms with Crippen molar-refractivity contribution in [2.45, 2.75) is 37.7 Å². The molecule has 0 fully saturated rings. The first-order valence-electron chi connectivity index (χ1n) is 6.10. The second-order valence-electron chi connectivity index (χ2n) is 5.37. The van der Waals surface area contributed by atoms with Crippen LogP contribution in [0.2, 0.25) is 0 Å². The van der Waals surface area contributed by atoms with Crippen LogP contribution < -0.4 is 4.72 Å². The normalized spacial score (nSPS) is 15.5. The highest BCUT2D eigenvalue weighted by atomic mass is 32.2. The summed E-state index contributed by atoms with van der Waals surface area (Å²) in [5, 5.41) is 10.1. The predicted octanol–water partition coefficient (Wildman–Crippen LogP) is 1.90. The summed E-state index contributed by atoms with van der Waals surface area (Å²) < 4.78 is 38.9. The quantitative estimate of drug-likeness (QED) is 0.840. The molecular formula is C13H20FNO3S. The Kier molecular flexibility index (Phi) is 5.06. The number of halogens is 1. The number of hydrogen-bond donors (Lipinski definition) is 2. The molecule has 0 aliphatic rings. The standard InChI is InChI=1S/C13H20FNO3S/c1-10(2)8-13(3,16)9-15-19(17,18)12-6-4-11(14)5-7-12/h4-7,10,15-16H,8-9H2,1-3H3. The summed E-state index contributed by atoms with van der Waals surface area (Å²) in [4.78, 5) is -0.0192. The zero-order chi connectivity index (χ0) is 14.7. The highest BCUT2D eigenvalue weighted by molar-refractivity contribution is 7.89. The minimum atomic E-state index is -3.72. The number of aliphatic hydroxyl groups is 1. The second kappa shape index (κ2) is 5.98. The Hall–Kier alpha value is -0.980. The van der Waals surface area contributed by atoms with E-state index in [0.717, 1.165) is 12.1 Å². The van der Waals surface area contributed by atoms with Crippen molar-refractivity contribution < 1.29 is 17.9 Å². The minimum Gasteiger partial charge on any atom is -0.389 e. The van der Waals surface area contributed by atoms with Gasteiger partial charge in [-0.25, -0.2) is 17.5 Å². The predicted molar refractivity (Wildman–Crippen MR) is 71.7 cm³/mol. The van der Waals surface area contributed by atoms with Gasteiger partial charge in [0.15, 0.2) is 0 Å². The van der Waals surface area contributed by atoms with Crippen LogP contribution in [0.15, 0.2) is 29.2 Å². The second-order valence-corrected chi connectivity index (χ2v) is 7.14. The molecule has 0 bridgehead atoms. The van der Waals surface area contributed by atoms with Gasteiger partial charge in [-0.3, -0.25) is 0 Å². The number of hydrogen-bond acceptors (Lipinski definition) is 3. The molecule has 6 heteroatoms. The molecule has 0 saturated carbocycles. The van der Waals surface area contributed by atoms with Crippen molar-refractivity contribution in [3.63, 3.8) is 0 Å². The molecule has 0 amide bonds. The van der Waals surface area contributed by atoms with Crippen LogP contribution in [0, 0.1) is 11.7 Å². The maximum atomic E-state index is 12.7. The molecule has 1 unspecified atom stereocenters. The Balaban J connectivity index is 2.73. The van der Waals surface area contributed by atoms with Crippen molar-refractivity contribution in [2.24, 2.45) is 5.92 Å². The molecule has 0 aliphatic heterocycles. The Morgan fingerprint density at radius 3 is 2.32 bits per heavy atom. The lowest BCUT2D eigenvalue weighted by molar-refractivity contribution is 0.0437. The van der Waals surface area contributed by atoms with Gasteiger partial charge in [-0.15, -0.1) is 0 Å². The highest BCUT2D eigenvalue weighted by Crippen LogP contribution is 2.16. The van der Waals surface area contributed by atoms with Gasteiger partial charge in [0.25, 0.3) is 0 Å². The third-order valence-corrected chi connectivity index (χ3v) is 4.03. The van der Waals surface area contributed by atoms with Crippen LogP contribution in [0.4, 0.5) is 4.39 Å². The Bertz CT molecular complexity index is 509. The van der Waals surface area contributed by atoms with Crippen LogP contribution in [-0.4, -0.2) is 25.7 Å². The molecule has 0 aromatic heterocycles. The fourth-order valence-corrected chi connectivity index (χ4v) is 3.06. The largest absolute Gasteiger partial charge is 0.389 e. The molecule has 1 aromatic carbocycles. The third kappa shape index (κ3) is 5.26. The van der Waals surface area contributed by atoms with Gasteiger partial charge in [0, 0.05) is 6.54 Å². The first-order valence-corrected chi connectivity index (χ1v) is 7.58. The zero-order valence-electron chi connectivity index (χ0n) is 11.4. The van der Waals surface area contributed by atoms with Crippen LogP contribution >= 0.6 is 0 Å². The minimum absolute atomic E-state index is 0.0192. The van der Waals surface area contributed by atoms with Gasteiger partial charge in [-0.05, 0) is 43.5 Å². The molecule has 1 aromatic rings. The van der Waals surface area contributed by atoms with Crippen LogP contribution in [0.5, 0.6) is 0 Å². The average molecular weight is 289 g/mol. The molecular weight excluding hydrogens is 269 g/mol. The van der Waals surface area contributed by atoms with E-state index in [1.165, 1.54) is 12.1 Å². The van der Waals surface area contributed by atoms with Crippen molar-refractivity contribution in [1.29, 1.82) is 0 Å². The van der Waals surface area contributed by atoms with Gasteiger partial charge >= 0.3 is 0 Å². The summed E-state index contributed by atoms with van der Waals surface area (Å²) >= 11 is 0. The van der Waals surface area contributed by atoms with Gasteiger partial charge in [0.1, 0.15) is 5.82 Å². The molecule has 1 rings (SSSR count). The van der Waals surface area contributed by atoms with Crippen molar-refractivity contribution in [3.8, 4) is 0 Å². The van der Waals surface area contributed by atoms with E-state index in [1.807, 2.05) is 13.8 Å². The van der Waals surface area contributed by atoms with E-state index in [0.29, 0.717) is 6.42 Å². The maximum absolute atomic E-state index is 12.7. The molecule has 0 spiro atoms. The molecule has 0 heterocycles. The first-order chi connectivity index (χ1) is 8.62. The number of rotatable bonds is 6. The molecule has 2 N–H and O–H groups in total. The van der Waals surface area contributed by atoms with Crippen LogP contribution in [0.3, 0.4) is 0 Å².